The predicted octanol–water partition coefficient (Wildman–Crippen LogP) is 6.77. The quantitative estimate of drug-likeness (QED) is 0.434. The highest BCUT2D eigenvalue weighted by atomic mass is 14.7. The Morgan fingerprint density at radius 3 is 2.35 bits per heavy atom. The molecule has 0 fully saturated rings. The molecule has 1 aromatic heterocycles. The van der Waals surface area contributed by atoms with Crippen LogP contribution in [0.4, 0.5) is 0 Å². The molecule has 0 aromatic carbocycles. The van der Waals surface area contributed by atoms with E-state index in [9.17, 15) is 0 Å². The summed E-state index contributed by atoms with van der Waals surface area (Å²) < 4.78 is 0. The second-order valence-corrected chi connectivity index (χ2v) is 7.84. The topological polar surface area (TPSA) is 12.9 Å². The summed E-state index contributed by atoms with van der Waals surface area (Å²) in [5, 5.41) is 0. The van der Waals surface area contributed by atoms with Gasteiger partial charge in [-0.25, -0.2) is 0 Å². The number of hydrogen-bond donors (Lipinski definition) is 0. The molecule has 1 nitrogen and oxygen atoms in total. The fourth-order valence-electron chi connectivity index (χ4n) is 3.99. The van der Waals surface area contributed by atoms with Crippen LogP contribution in [0, 0.1) is 0 Å². The largest absolute Gasteiger partial charge is 0.257 e. The van der Waals surface area contributed by atoms with E-state index in [1.807, 2.05) is 0 Å². The fourth-order valence-corrected chi connectivity index (χ4v) is 3.99. The van der Waals surface area contributed by atoms with Crippen LogP contribution >= 0.6 is 0 Å². The van der Waals surface area contributed by atoms with Crippen molar-refractivity contribution in [1.29, 1.82) is 0 Å². The monoisotopic (exact) mass is 315 g/mol. The predicted molar refractivity (Wildman–Crippen MR) is 101 cm³/mol. The van der Waals surface area contributed by atoms with Crippen molar-refractivity contribution in [2.45, 2.75) is 110 Å². The zero-order valence-corrected chi connectivity index (χ0v) is 15.8. The van der Waals surface area contributed by atoms with Gasteiger partial charge < -0.3 is 0 Å². The molecule has 1 atom stereocenters. The molecule has 1 heterocycles. The van der Waals surface area contributed by atoms with Crippen LogP contribution in [-0.4, -0.2) is 4.98 Å². The van der Waals surface area contributed by atoms with Gasteiger partial charge in [0, 0.05) is 16.8 Å². The molecule has 0 N–H and O–H groups in total. The number of rotatable bonds is 10. The van der Waals surface area contributed by atoms with Crippen molar-refractivity contribution in [3.8, 4) is 0 Å². The van der Waals surface area contributed by atoms with Crippen LogP contribution in [0.5, 0.6) is 0 Å². The number of aromatic nitrogens is 1. The summed E-state index contributed by atoms with van der Waals surface area (Å²) in [6, 6.07) is 4.74. The van der Waals surface area contributed by atoms with Gasteiger partial charge >= 0.3 is 0 Å². The third-order valence-corrected chi connectivity index (χ3v) is 5.71. The van der Waals surface area contributed by atoms with Gasteiger partial charge in [0.2, 0.25) is 0 Å². The van der Waals surface area contributed by atoms with Gasteiger partial charge in [-0.15, -0.1) is 0 Å². The van der Waals surface area contributed by atoms with Gasteiger partial charge in [0.05, 0.1) is 0 Å². The third kappa shape index (κ3) is 5.33. The fraction of sp³-hybridized carbons (Fsp3) is 0.773. The van der Waals surface area contributed by atoms with E-state index in [-0.39, 0.29) is 5.41 Å². The van der Waals surface area contributed by atoms with Gasteiger partial charge in [-0.1, -0.05) is 71.8 Å². The molecule has 0 bridgehead atoms. The molecular formula is C22H37N. The first-order chi connectivity index (χ1) is 11.2. The highest BCUT2D eigenvalue weighted by Crippen LogP contribution is 2.35. The lowest BCUT2D eigenvalue weighted by Crippen LogP contribution is -2.25. The van der Waals surface area contributed by atoms with Gasteiger partial charge in [-0.05, 0) is 50.2 Å². The average Bonchev–Trinajstić information content (AvgIpc) is 2.59. The summed E-state index contributed by atoms with van der Waals surface area (Å²) in [6.07, 6.45) is 17.2. The SMILES string of the molecule is CCCCCCCC(C)(CCCC)c1ccc2c(n1)CCCC2. The molecule has 0 saturated carbocycles. The lowest BCUT2D eigenvalue weighted by atomic mass is 9.76. The van der Waals surface area contributed by atoms with Crippen LogP contribution in [0.1, 0.15) is 108 Å². The number of fused-ring (bicyclic) bond motifs is 1. The molecule has 1 aliphatic rings. The minimum Gasteiger partial charge on any atom is -0.257 e. The summed E-state index contributed by atoms with van der Waals surface area (Å²) in [7, 11) is 0. The van der Waals surface area contributed by atoms with Crippen molar-refractivity contribution in [3.63, 3.8) is 0 Å². The average molecular weight is 316 g/mol. The van der Waals surface area contributed by atoms with Gasteiger partial charge in [-0.3, -0.25) is 4.98 Å². The van der Waals surface area contributed by atoms with E-state index in [2.05, 4.69) is 32.9 Å². The van der Waals surface area contributed by atoms with Crippen molar-refractivity contribution in [1.82, 2.24) is 4.98 Å². The zero-order valence-electron chi connectivity index (χ0n) is 15.8. The van der Waals surface area contributed by atoms with E-state index in [1.54, 1.807) is 0 Å². The van der Waals surface area contributed by atoms with Crippen LogP contribution in [0.2, 0.25) is 0 Å². The molecule has 1 unspecified atom stereocenters. The van der Waals surface area contributed by atoms with E-state index in [0.717, 1.165) is 0 Å². The maximum Gasteiger partial charge on any atom is 0.0466 e. The Labute approximate surface area is 144 Å². The second kappa shape index (κ2) is 9.45. The van der Waals surface area contributed by atoms with E-state index in [4.69, 9.17) is 4.98 Å². The summed E-state index contributed by atoms with van der Waals surface area (Å²) in [6.45, 7) is 7.07. The Morgan fingerprint density at radius 2 is 1.57 bits per heavy atom. The standard InChI is InChI=1S/C22H37N/c1-4-6-8-9-12-18-22(3,17-7-5-2)21-16-15-19-13-10-11-14-20(19)23-21/h15-16H,4-14,17-18H2,1-3H3. The van der Waals surface area contributed by atoms with E-state index in [1.165, 1.54) is 100 Å². The highest BCUT2D eigenvalue weighted by Gasteiger charge is 2.28. The van der Waals surface area contributed by atoms with Crippen molar-refractivity contribution in [3.05, 3.63) is 29.1 Å². The number of aryl methyl sites for hydroxylation is 2. The molecule has 0 amide bonds. The van der Waals surface area contributed by atoms with E-state index < -0.39 is 0 Å². The van der Waals surface area contributed by atoms with Crippen LogP contribution in [0.25, 0.3) is 0 Å². The van der Waals surface area contributed by atoms with E-state index in [0.29, 0.717) is 0 Å². The minimum atomic E-state index is 0.286. The lowest BCUT2D eigenvalue weighted by Gasteiger charge is -2.31. The molecule has 0 spiro atoms. The first-order valence-electron chi connectivity index (χ1n) is 10.2. The van der Waals surface area contributed by atoms with Gasteiger partial charge in [0.25, 0.3) is 0 Å². The molecule has 1 heteroatoms. The van der Waals surface area contributed by atoms with Crippen LogP contribution in [0.3, 0.4) is 0 Å². The summed E-state index contributed by atoms with van der Waals surface area (Å²) >= 11 is 0. The van der Waals surface area contributed by atoms with Gasteiger partial charge in [0.1, 0.15) is 0 Å². The maximum atomic E-state index is 5.15. The van der Waals surface area contributed by atoms with Crippen molar-refractivity contribution in [2.24, 2.45) is 0 Å². The summed E-state index contributed by atoms with van der Waals surface area (Å²) in [4.78, 5) is 5.15. The lowest BCUT2D eigenvalue weighted by molar-refractivity contribution is 0.358. The number of hydrogen-bond acceptors (Lipinski definition) is 1. The molecule has 0 radical (unpaired) electrons. The normalized spacial score (nSPS) is 16.8. The molecule has 0 aliphatic heterocycles. The minimum absolute atomic E-state index is 0.286. The molecule has 1 aromatic rings. The third-order valence-electron chi connectivity index (χ3n) is 5.71. The van der Waals surface area contributed by atoms with Gasteiger partial charge in [-0.2, -0.15) is 0 Å². The van der Waals surface area contributed by atoms with Crippen molar-refractivity contribution in [2.75, 3.05) is 0 Å². The number of pyridine rings is 1. The van der Waals surface area contributed by atoms with Crippen LogP contribution in [-0.2, 0) is 18.3 Å². The van der Waals surface area contributed by atoms with Crippen molar-refractivity contribution < 1.29 is 0 Å². The summed E-state index contributed by atoms with van der Waals surface area (Å²) in [5.41, 5.74) is 4.58. The second-order valence-electron chi connectivity index (χ2n) is 7.84. The first-order valence-corrected chi connectivity index (χ1v) is 10.2. The number of unbranched alkanes of at least 4 members (excludes halogenated alkanes) is 5. The first kappa shape index (κ1) is 18.5. The number of nitrogens with zero attached hydrogens (tertiary/aromatic N) is 1. The Morgan fingerprint density at radius 1 is 0.870 bits per heavy atom. The van der Waals surface area contributed by atoms with Gasteiger partial charge in [0.15, 0.2) is 0 Å². The molecule has 130 valence electrons. The Bertz CT molecular complexity index is 465. The molecule has 1 aliphatic carbocycles. The molecule has 2 rings (SSSR count). The van der Waals surface area contributed by atoms with E-state index >= 15 is 0 Å². The highest BCUT2D eigenvalue weighted by molar-refractivity contribution is 5.28. The maximum absolute atomic E-state index is 5.15. The smallest absolute Gasteiger partial charge is 0.0466 e. The van der Waals surface area contributed by atoms with Crippen molar-refractivity contribution >= 4 is 0 Å². The molecule has 23 heavy (non-hydrogen) atoms. The Balaban J connectivity index is 2.06. The Kier molecular flexibility index (Phi) is 7.59. The zero-order chi connectivity index (χ0) is 16.5. The molecular weight excluding hydrogens is 278 g/mol. The van der Waals surface area contributed by atoms with Crippen LogP contribution < -0.4 is 0 Å². The van der Waals surface area contributed by atoms with Crippen LogP contribution in [0.15, 0.2) is 12.1 Å². The Hall–Kier alpha value is -0.850. The summed E-state index contributed by atoms with van der Waals surface area (Å²) in [5.74, 6) is 0. The molecule has 0 saturated heterocycles.